The van der Waals surface area contributed by atoms with Crippen LogP contribution in [0, 0.1) is 0 Å². The lowest BCUT2D eigenvalue weighted by molar-refractivity contribution is 0.0989. The van der Waals surface area contributed by atoms with Crippen molar-refractivity contribution >= 4 is 27.5 Å². The normalized spacial score (nSPS) is 13.2. The van der Waals surface area contributed by atoms with Crippen LogP contribution >= 0.6 is 15.9 Å². The van der Waals surface area contributed by atoms with Crippen LogP contribution in [0.5, 0.6) is 5.75 Å². The summed E-state index contributed by atoms with van der Waals surface area (Å²) in [5, 5.41) is 0. The quantitative estimate of drug-likeness (QED) is 0.840. The number of nitrogens with zero attached hydrogens (tertiary/aromatic N) is 1. The maximum Gasteiger partial charge on any atom is 0.258 e. The van der Waals surface area contributed by atoms with E-state index in [0.29, 0.717) is 5.56 Å². The number of ether oxygens (including phenoxy) is 1. The van der Waals surface area contributed by atoms with Crippen LogP contribution in [0.3, 0.4) is 0 Å². The van der Waals surface area contributed by atoms with Crippen molar-refractivity contribution in [2.45, 2.75) is 6.42 Å². The van der Waals surface area contributed by atoms with Crippen molar-refractivity contribution in [2.24, 2.45) is 0 Å². The third-order valence-corrected chi connectivity index (χ3v) is 4.01. The monoisotopic (exact) mass is 331 g/mol. The Balaban J connectivity index is 1.89. The van der Waals surface area contributed by atoms with Crippen molar-refractivity contribution in [3.8, 4) is 5.75 Å². The van der Waals surface area contributed by atoms with E-state index in [1.165, 1.54) is 5.56 Å². The number of carbonyl (C=O) groups excluding carboxylic acids is 1. The molecule has 0 atom stereocenters. The molecule has 3 nitrogen and oxygen atoms in total. The average molecular weight is 332 g/mol. The average Bonchev–Trinajstić information content (AvgIpc) is 2.89. The molecule has 0 radical (unpaired) electrons. The first-order chi connectivity index (χ1) is 9.69. The fourth-order valence-electron chi connectivity index (χ4n) is 2.47. The minimum atomic E-state index is 0.0359. The molecule has 0 fully saturated rings. The zero-order chi connectivity index (χ0) is 14.1. The van der Waals surface area contributed by atoms with E-state index >= 15 is 0 Å². The number of benzene rings is 2. The maximum atomic E-state index is 12.6. The third kappa shape index (κ3) is 2.31. The molecular formula is C16H14BrNO2. The van der Waals surface area contributed by atoms with Gasteiger partial charge in [0.05, 0.1) is 7.11 Å². The summed E-state index contributed by atoms with van der Waals surface area (Å²) in [4.78, 5) is 14.4. The number of halogens is 1. The Morgan fingerprint density at radius 1 is 1.20 bits per heavy atom. The van der Waals surface area contributed by atoms with Gasteiger partial charge in [0.25, 0.3) is 5.91 Å². The molecule has 20 heavy (non-hydrogen) atoms. The molecule has 1 heterocycles. The van der Waals surface area contributed by atoms with Crippen LogP contribution in [0.15, 0.2) is 46.9 Å². The van der Waals surface area contributed by atoms with Gasteiger partial charge in [-0.3, -0.25) is 4.79 Å². The van der Waals surface area contributed by atoms with Crippen molar-refractivity contribution in [2.75, 3.05) is 18.6 Å². The van der Waals surface area contributed by atoms with E-state index in [2.05, 4.69) is 22.0 Å². The molecule has 4 heteroatoms. The minimum Gasteiger partial charge on any atom is -0.497 e. The molecule has 0 saturated carbocycles. The molecule has 1 amide bonds. The van der Waals surface area contributed by atoms with E-state index in [1.807, 2.05) is 29.2 Å². The molecule has 2 aromatic carbocycles. The molecule has 0 saturated heterocycles. The number of hydrogen-bond donors (Lipinski definition) is 0. The summed E-state index contributed by atoms with van der Waals surface area (Å²) in [7, 11) is 1.62. The molecule has 3 rings (SSSR count). The highest BCUT2D eigenvalue weighted by molar-refractivity contribution is 9.10. The summed E-state index contributed by atoms with van der Waals surface area (Å²) in [6, 6.07) is 13.3. The third-order valence-electron chi connectivity index (χ3n) is 3.52. The summed E-state index contributed by atoms with van der Waals surface area (Å²) >= 11 is 3.47. The molecule has 0 spiro atoms. The van der Waals surface area contributed by atoms with Gasteiger partial charge in [-0.25, -0.2) is 0 Å². The van der Waals surface area contributed by atoms with Gasteiger partial charge in [-0.1, -0.05) is 15.9 Å². The highest BCUT2D eigenvalue weighted by Gasteiger charge is 2.25. The Labute approximate surface area is 126 Å². The van der Waals surface area contributed by atoms with Crippen LogP contribution in [0.25, 0.3) is 0 Å². The van der Waals surface area contributed by atoms with Gasteiger partial charge >= 0.3 is 0 Å². The number of methoxy groups -OCH3 is 1. The summed E-state index contributed by atoms with van der Waals surface area (Å²) in [6.07, 6.45) is 0.899. The Hall–Kier alpha value is -1.81. The molecular weight excluding hydrogens is 318 g/mol. The van der Waals surface area contributed by atoms with Crippen LogP contribution < -0.4 is 9.64 Å². The van der Waals surface area contributed by atoms with E-state index in [0.717, 1.165) is 28.9 Å². The second-order valence-corrected chi connectivity index (χ2v) is 5.62. The maximum absolute atomic E-state index is 12.6. The first-order valence-corrected chi connectivity index (χ1v) is 7.22. The summed E-state index contributed by atoms with van der Waals surface area (Å²) in [5.41, 5.74) is 2.90. The van der Waals surface area contributed by atoms with E-state index in [4.69, 9.17) is 4.74 Å². The molecule has 102 valence electrons. The van der Waals surface area contributed by atoms with Gasteiger partial charge in [0.1, 0.15) is 5.75 Å². The topological polar surface area (TPSA) is 29.5 Å². The first kappa shape index (κ1) is 13.2. The molecule has 0 unspecified atom stereocenters. The van der Waals surface area contributed by atoms with Crippen molar-refractivity contribution < 1.29 is 9.53 Å². The van der Waals surface area contributed by atoms with E-state index in [-0.39, 0.29) is 5.91 Å². The molecule has 1 aliphatic heterocycles. The van der Waals surface area contributed by atoms with Gasteiger partial charge in [0.2, 0.25) is 0 Å². The SMILES string of the molecule is COc1ccc(C(=O)N2CCc3cc(Br)ccc32)cc1. The summed E-state index contributed by atoms with van der Waals surface area (Å²) < 4.78 is 6.16. The van der Waals surface area contributed by atoms with Crippen molar-refractivity contribution in [3.05, 3.63) is 58.1 Å². The zero-order valence-corrected chi connectivity index (χ0v) is 12.7. The fraction of sp³-hybridized carbons (Fsp3) is 0.188. The molecule has 2 aromatic rings. The largest absolute Gasteiger partial charge is 0.497 e. The number of fused-ring (bicyclic) bond motifs is 1. The van der Waals surface area contributed by atoms with Gasteiger partial charge in [-0.2, -0.15) is 0 Å². The molecule has 0 bridgehead atoms. The Kier molecular flexibility index (Phi) is 3.49. The number of carbonyl (C=O) groups is 1. The van der Waals surface area contributed by atoms with Crippen LogP contribution in [0.1, 0.15) is 15.9 Å². The molecule has 0 aliphatic carbocycles. The summed E-state index contributed by atoms with van der Waals surface area (Å²) in [6.45, 7) is 0.733. The summed E-state index contributed by atoms with van der Waals surface area (Å²) in [5.74, 6) is 0.793. The lowest BCUT2D eigenvalue weighted by Gasteiger charge is -2.17. The lowest BCUT2D eigenvalue weighted by atomic mass is 10.1. The second-order valence-electron chi connectivity index (χ2n) is 4.71. The number of hydrogen-bond acceptors (Lipinski definition) is 2. The van der Waals surface area contributed by atoms with Gasteiger partial charge in [0, 0.05) is 22.3 Å². The first-order valence-electron chi connectivity index (χ1n) is 6.43. The van der Waals surface area contributed by atoms with Gasteiger partial charge in [0.15, 0.2) is 0 Å². The number of rotatable bonds is 2. The fourth-order valence-corrected chi connectivity index (χ4v) is 2.88. The molecule has 1 aliphatic rings. The Morgan fingerprint density at radius 2 is 1.95 bits per heavy atom. The number of anilines is 1. The zero-order valence-electron chi connectivity index (χ0n) is 11.1. The van der Waals surface area contributed by atoms with Gasteiger partial charge < -0.3 is 9.64 Å². The highest BCUT2D eigenvalue weighted by atomic mass is 79.9. The number of amides is 1. The smallest absolute Gasteiger partial charge is 0.258 e. The Bertz CT molecular complexity index is 652. The van der Waals surface area contributed by atoms with Crippen LogP contribution in [-0.2, 0) is 6.42 Å². The van der Waals surface area contributed by atoms with E-state index < -0.39 is 0 Å². The molecule has 0 aromatic heterocycles. The van der Waals surface area contributed by atoms with Crippen LogP contribution in [0.4, 0.5) is 5.69 Å². The lowest BCUT2D eigenvalue weighted by Crippen LogP contribution is -2.28. The standard InChI is InChI=1S/C16H14BrNO2/c1-20-14-5-2-11(3-6-14)16(19)18-9-8-12-10-13(17)4-7-15(12)18/h2-7,10H,8-9H2,1H3. The molecule has 0 N–H and O–H groups in total. The predicted molar refractivity (Wildman–Crippen MR) is 82.5 cm³/mol. The van der Waals surface area contributed by atoms with Crippen molar-refractivity contribution in [1.82, 2.24) is 0 Å². The van der Waals surface area contributed by atoms with Crippen LogP contribution in [-0.4, -0.2) is 19.6 Å². The van der Waals surface area contributed by atoms with Gasteiger partial charge in [-0.15, -0.1) is 0 Å². The Morgan fingerprint density at radius 3 is 2.65 bits per heavy atom. The predicted octanol–water partition coefficient (Wildman–Crippen LogP) is 3.66. The van der Waals surface area contributed by atoms with E-state index in [9.17, 15) is 4.79 Å². The van der Waals surface area contributed by atoms with Crippen LogP contribution in [0.2, 0.25) is 0 Å². The van der Waals surface area contributed by atoms with Crippen molar-refractivity contribution in [1.29, 1.82) is 0 Å². The van der Waals surface area contributed by atoms with Crippen molar-refractivity contribution in [3.63, 3.8) is 0 Å². The highest BCUT2D eigenvalue weighted by Crippen LogP contribution is 2.31. The minimum absolute atomic E-state index is 0.0359. The second kappa shape index (κ2) is 5.29. The van der Waals surface area contributed by atoms with Gasteiger partial charge in [-0.05, 0) is 54.4 Å². The van der Waals surface area contributed by atoms with E-state index in [1.54, 1.807) is 19.2 Å².